The Kier molecular flexibility index (Phi) is 3.95. The average Bonchev–Trinajstić information content (AvgIpc) is 2.41. The first kappa shape index (κ1) is 13.3. The molecule has 0 amide bonds. The summed E-state index contributed by atoms with van der Waals surface area (Å²) in [5.41, 5.74) is 1.31. The molecule has 0 heterocycles. The van der Waals surface area contributed by atoms with Crippen molar-refractivity contribution >= 4 is 6.29 Å². The van der Waals surface area contributed by atoms with E-state index < -0.39 is 5.82 Å². The number of para-hydroxylation sites is 1. The molecule has 3 heteroatoms. The zero-order chi connectivity index (χ0) is 13.8. The minimum atomic E-state index is -0.539. The summed E-state index contributed by atoms with van der Waals surface area (Å²) >= 11 is 0. The van der Waals surface area contributed by atoms with Crippen molar-refractivity contribution in [1.29, 1.82) is 0 Å². The lowest BCUT2D eigenvalue weighted by molar-refractivity contribution is 0.112. The van der Waals surface area contributed by atoms with Crippen LogP contribution in [0, 0.1) is 5.82 Å². The van der Waals surface area contributed by atoms with Gasteiger partial charge in [-0.25, -0.2) is 4.39 Å². The largest absolute Gasteiger partial charge is 0.454 e. The summed E-state index contributed by atoms with van der Waals surface area (Å²) < 4.78 is 19.4. The molecule has 0 radical (unpaired) electrons. The molecule has 0 saturated carbocycles. The Morgan fingerprint density at radius 3 is 2.47 bits per heavy atom. The van der Waals surface area contributed by atoms with E-state index in [1.165, 1.54) is 18.2 Å². The van der Waals surface area contributed by atoms with E-state index in [0.29, 0.717) is 17.6 Å². The van der Waals surface area contributed by atoms with Gasteiger partial charge in [0.2, 0.25) is 0 Å². The van der Waals surface area contributed by atoms with E-state index in [1.807, 2.05) is 38.1 Å². The molecular weight excluding hydrogens is 243 g/mol. The maximum atomic E-state index is 13.8. The molecule has 0 fully saturated rings. The predicted octanol–water partition coefficient (Wildman–Crippen LogP) is 4.55. The lowest BCUT2D eigenvalue weighted by Crippen LogP contribution is -1.95. The second-order valence-corrected chi connectivity index (χ2v) is 4.60. The molecule has 0 bridgehead atoms. The minimum absolute atomic E-state index is 0.124. The summed E-state index contributed by atoms with van der Waals surface area (Å²) in [5.74, 6) is 0.505. The van der Waals surface area contributed by atoms with Gasteiger partial charge in [-0.1, -0.05) is 32.0 Å². The summed E-state index contributed by atoms with van der Waals surface area (Å²) in [5, 5.41) is 0. The fraction of sp³-hybridized carbons (Fsp3) is 0.188. The van der Waals surface area contributed by atoms with Crippen LogP contribution in [0.4, 0.5) is 4.39 Å². The zero-order valence-corrected chi connectivity index (χ0v) is 10.9. The van der Waals surface area contributed by atoms with Crippen LogP contribution in [0.2, 0.25) is 0 Å². The molecule has 0 aliphatic heterocycles. The molecule has 0 N–H and O–H groups in total. The average molecular weight is 258 g/mol. The first-order chi connectivity index (χ1) is 9.11. The third-order valence-electron chi connectivity index (χ3n) is 2.85. The Balaban J connectivity index is 2.34. The number of carbonyl (C=O) groups excluding carboxylic acids is 1. The summed E-state index contributed by atoms with van der Waals surface area (Å²) in [6.07, 6.45) is 0.606. The Bertz CT molecular complexity index is 591. The molecule has 2 nitrogen and oxygen atoms in total. The van der Waals surface area contributed by atoms with Gasteiger partial charge in [0, 0.05) is 5.56 Å². The maximum absolute atomic E-state index is 13.8. The van der Waals surface area contributed by atoms with Crippen molar-refractivity contribution in [2.75, 3.05) is 0 Å². The van der Waals surface area contributed by atoms with Gasteiger partial charge in [-0.15, -0.1) is 0 Å². The van der Waals surface area contributed by atoms with E-state index in [-0.39, 0.29) is 11.7 Å². The van der Waals surface area contributed by atoms with Crippen molar-refractivity contribution in [3.63, 3.8) is 0 Å². The maximum Gasteiger partial charge on any atom is 0.166 e. The summed E-state index contributed by atoms with van der Waals surface area (Å²) in [6.45, 7) is 4.10. The fourth-order valence-electron chi connectivity index (χ4n) is 1.84. The van der Waals surface area contributed by atoms with Crippen LogP contribution < -0.4 is 4.74 Å². The number of hydrogen-bond acceptors (Lipinski definition) is 2. The summed E-state index contributed by atoms with van der Waals surface area (Å²) in [7, 11) is 0. The molecule has 2 aromatic rings. The first-order valence-electron chi connectivity index (χ1n) is 6.13. The van der Waals surface area contributed by atoms with Crippen molar-refractivity contribution in [2.45, 2.75) is 19.8 Å². The van der Waals surface area contributed by atoms with E-state index >= 15 is 0 Å². The highest BCUT2D eigenvalue weighted by molar-refractivity contribution is 5.75. The third kappa shape index (κ3) is 2.99. The van der Waals surface area contributed by atoms with Gasteiger partial charge in [0.25, 0.3) is 0 Å². The second-order valence-electron chi connectivity index (χ2n) is 4.60. The monoisotopic (exact) mass is 258 g/mol. The van der Waals surface area contributed by atoms with Gasteiger partial charge in [0.15, 0.2) is 11.6 Å². The smallest absolute Gasteiger partial charge is 0.166 e. The number of benzene rings is 2. The Labute approximate surface area is 111 Å². The van der Waals surface area contributed by atoms with Gasteiger partial charge in [0.1, 0.15) is 12.0 Å². The van der Waals surface area contributed by atoms with Crippen molar-refractivity contribution in [2.24, 2.45) is 0 Å². The topological polar surface area (TPSA) is 26.3 Å². The Morgan fingerprint density at radius 2 is 1.84 bits per heavy atom. The van der Waals surface area contributed by atoms with Gasteiger partial charge in [-0.3, -0.25) is 4.79 Å². The number of ether oxygens (including phenoxy) is 1. The molecule has 0 aromatic heterocycles. The molecule has 0 aliphatic rings. The lowest BCUT2D eigenvalue weighted by atomic mass is 10.0. The molecular formula is C16H15FO2. The number of hydrogen-bond donors (Lipinski definition) is 0. The SMILES string of the molecule is CC(C)c1ccccc1Oc1ccc(C=O)cc1F. The quantitative estimate of drug-likeness (QED) is 0.752. The number of aldehydes is 1. The van der Waals surface area contributed by atoms with Gasteiger partial charge in [-0.05, 0) is 35.7 Å². The number of halogens is 1. The molecule has 0 saturated heterocycles. The lowest BCUT2D eigenvalue weighted by Gasteiger charge is -2.14. The zero-order valence-electron chi connectivity index (χ0n) is 10.9. The third-order valence-corrected chi connectivity index (χ3v) is 2.85. The van der Waals surface area contributed by atoms with Crippen LogP contribution in [0.1, 0.15) is 35.7 Å². The molecule has 0 unspecified atom stereocenters. The Morgan fingerprint density at radius 1 is 1.11 bits per heavy atom. The molecule has 0 atom stereocenters. The highest BCUT2D eigenvalue weighted by Crippen LogP contribution is 2.31. The summed E-state index contributed by atoms with van der Waals surface area (Å²) in [4.78, 5) is 10.6. The molecule has 19 heavy (non-hydrogen) atoms. The van der Waals surface area contributed by atoms with Crippen LogP contribution in [-0.2, 0) is 0 Å². The second kappa shape index (κ2) is 5.65. The molecule has 98 valence electrons. The van der Waals surface area contributed by atoms with Gasteiger partial charge >= 0.3 is 0 Å². The van der Waals surface area contributed by atoms with Crippen LogP contribution >= 0.6 is 0 Å². The fourth-order valence-corrected chi connectivity index (χ4v) is 1.84. The normalized spacial score (nSPS) is 10.5. The highest BCUT2D eigenvalue weighted by atomic mass is 19.1. The number of rotatable bonds is 4. The van der Waals surface area contributed by atoms with Crippen LogP contribution in [0.5, 0.6) is 11.5 Å². The predicted molar refractivity (Wildman–Crippen MR) is 72.4 cm³/mol. The molecule has 2 rings (SSSR count). The van der Waals surface area contributed by atoms with E-state index in [2.05, 4.69) is 0 Å². The molecule has 0 aliphatic carbocycles. The van der Waals surface area contributed by atoms with Gasteiger partial charge in [-0.2, -0.15) is 0 Å². The Hall–Kier alpha value is -2.16. The van der Waals surface area contributed by atoms with Crippen LogP contribution in [0.25, 0.3) is 0 Å². The van der Waals surface area contributed by atoms with E-state index in [1.54, 1.807) is 0 Å². The van der Waals surface area contributed by atoms with Crippen molar-refractivity contribution in [3.05, 3.63) is 59.4 Å². The minimum Gasteiger partial charge on any atom is -0.454 e. The van der Waals surface area contributed by atoms with E-state index in [4.69, 9.17) is 4.74 Å². The first-order valence-corrected chi connectivity index (χ1v) is 6.13. The van der Waals surface area contributed by atoms with Crippen LogP contribution in [-0.4, -0.2) is 6.29 Å². The molecule has 0 spiro atoms. The molecule has 2 aromatic carbocycles. The van der Waals surface area contributed by atoms with Crippen molar-refractivity contribution < 1.29 is 13.9 Å². The number of carbonyl (C=O) groups is 1. The van der Waals surface area contributed by atoms with E-state index in [0.717, 1.165) is 5.56 Å². The van der Waals surface area contributed by atoms with Crippen LogP contribution in [0.15, 0.2) is 42.5 Å². The van der Waals surface area contributed by atoms with Crippen LogP contribution in [0.3, 0.4) is 0 Å². The van der Waals surface area contributed by atoms with Crippen molar-refractivity contribution in [1.82, 2.24) is 0 Å². The van der Waals surface area contributed by atoms with E-state index in [9.17, 15) is 9.18 Å². The standard InChI is InChI=1S/C16H15FO2/c1-11(2)13-5-3-4-6-15(13)19-16-8-7-12(10-18)9-14(16)17/h3-11H,1-2H3. The van der Waals surface area contributed by atoms with Gasteiger partial charge in [0.05, 0.1) is 0 Å². The van der Waals surface area contributed by atoms with Gasteiger partial charge < -0.3 is 4.74 Å². The highest BCUT2D eigenvalue weighted by Gasteiger charge is 2.10. The van der Waals surface area contributed by atoms with Crippen molar-refractivity contribution in [3.8, 4) is 11.5 Å². The summed E-state index contributed by atoms with van der Waals surface area (Å²) in [6, 6.07) is 11.7.